The van der Waals surface area contributed by atoms with Gasteiger partial charge in [0, 0.05) is 22.5 Å². The number of anilines is 1. The van der Waals surface area contributed by atoms with Crippen molar-refractivity contribution >= 4 is 29.1 Å². The van der Waals surface area contributed by atoms with E-state index in [2.05, 4.69) is 16.7 Å². The molecule has 0 saturated carbocycles. The van der Waals surface area contributed by atoms with Crippen molar-refractivity contribution < 1.29 is 19.4 Å². The summed E-state index contributed by atoms with van der Waals surface area (Å²) in [6.45, 7) is 3.72. The number of aryl methyl sites for hydroxylation is 1. The van der Waals surface area contributed by atoms with E-state index in [4.69, 9.17) is 4.74 Å². The zero-order valence-electron chi connectivity index (χ0n) is 21.2. The Morgan fingerprint density at radius 1 is 1.08 bits per heavy atom. The van der Waals surface area contributed by atoms with Gasteiger partial charge in [-0.2, -0.15) is 5.26 Å². The van der Waals surface area contributed by atoms with Crippen LogP contribution in [0.2, 0.25) is 0 Å². The SMILES string of the molecule is COc1cc([C@@H]2C(C#N)=C(SCC(=O)c3ccc(C)cc3)NC(C)=C2C(=O)Nc2ccccc2)ccc1O. The van der Waals surface area contributed by atoms with Gasteiger partial charge in [-0.1, -0.05) is 65.9 Å². The third-order valence-corrected chi connectivity index (χ3v) is 7.20. The molecule has 38 heavy (non-hydrogen) atoms. The summed E-state index contributed by atoms with van der Waals surface area (Å²) in [5.74, 6) is -0.911. The number of dihydropyridines is 1. The Kier molecular flexibility index (Phi) is 8.19. The molecule has 7 nitrogen and oxygen atoms in total. The molecule has 0 fully saturated rings. The Hall–Kier alpha value is -4.48. The minimum Gasteiger partial charge on any atom is -0.504 e. The summed E-state index contributed by atoms with van der Waals surface area (Å²) in [5.41, 5.74) is 4.07. The van der Waals surface area contributed by atoms with Crippen LogP contribution in [0.1, 0.15) is 34.3 Å². The van der Waals surface area contributed by atoms with E-state index in [0.717, 1.165) is 5.56 Å². The molecule has 1 aliphatic heterocycles. The molecule has 0 aliphatic carbocycles. The van der Waals surface area contributed by atoms with E-state index in [-0.39, 0.29) is 28.9 Å². The van der Waals surface area contributed by atoms with Gasteiger partial charge in [0.05, 0.1) is 35.5 Å². The molecule has 0 radical (unpaired) electrons. The van der Waals surface area contributed by atoms with Crippen molar-refractivity contribution in [1.29, 1.82) is 5.26 Å². The van der Waals surface area contributed by atoms with Gasteiger partial charge >= 0.3 is 0 Å². The summed E-state index contributed by atoms with van der Waals surface area (Å²) in [7, 11) is 1.43. The van der Waals surface area contributed by atoms with E-state index < -0.39 is 5.92 Å². The third kappa shape index (κ3) is 5.74. The van der Waals surface area contributed by atoms with E-state index in [1.54, 1.807) is 43.3 Å². The maximum Gasteiger partial charge on any atom is 0.254 e. The van der Waals surface area contributed by atoms with Gasteiger partial charge in [-0.05, 0) is 43.7 Å². The van der Waals surface area contributed by atoms with Gasteiger partial charge in [0.25, 0.3) is 5.91 Å². The van der Waals surface area contributed by atoms with Gasteiger partial charge < -0.3 is 20.5 Å². The zero-order valence-corrected chi connectivity index (χ0v) is 22.1. The molecule has 1 atom stereocenters. The van der Waals surface area contributed by atoms with Gasteiger partial charge in [0.1, 0.15) is 0 Å². The van der Waals surface area contributed by atoms with Crippen LogP contribution in [0, 0.1) is 18.3 Å². The Labute approximate surface area is 225 Å². The highest BCUT2D eigenvalue weighted by molar-refractivity contribution is 8.03. The number of hydrogen-bond donors (Lipinski definition) is 3. The topological polar surface area (TPSA) is 111 Å². The second-order valence-electron chi connectivity index (χ2n) is 8.78. The van der Waals surface area contributed by atoms with Crippen molar-refractivity contribution in [2.75, 3.05) is 18.2 Å². The van der Waals surface area contributed by atoms with E-state index in [0.29, 0.717) is 38.7 Å². The van der Waals surface area contributed by atoms with Crippen molar-refractivity contribution in [2.45, 2.75) is 19.8 Å². The van der Waals surface area contributed by atoms with E-state index >= 15 is 0 Å². The summed E-state index contributed by atoms with van der Waals surface area (Å²) in [4.78, 5) is 26.4. The molecule has 8 heteroatoms. The number of rotatable bonds is 8. The predicted octanol–water partition coefficient (Wildman–Crippen LogP) is 5.66. The second kappa shape index (κ2) is 11.7. The van der Waals surface area contributed by atoms with Crippen LogP contribution in [0.3, 0.4) is 0 Å². The molecular weight excluding hydrogens is 498 g/mol. The van der Waals surface area contributed by atoms with Crippen molar-refractivity contribution in [3.05, 3.63) is 111 Å². The minimum atomic E-state index is -0.753. The molecule has 0 bridgehead atoms. The monoisotopic (exact) mass is 525 g/mol. The number of methoxy groups -OCH3 is 1. The molecule has 1 amide bonds. The summed E-state index contributed by atoms with van der Waals surface area (Å²) in [6, 6.07) is 23.4. The molecule has 3 aromatic carbocycles. The van der Waals surface area contributed by atoms with Crippen molar-refractivity contribution in [3.63, 3.8) is 0 Å². The lowest BCUT2D eigenvalue weighted by molar-refractivity contribution is -0.113. The molecule has 0 unspecified atom stereocenters. The molecule has 0 aromatic heterocycles. The first-order valence-corrected chi connectivity index (χ1v) is 12.9. The highest BCUT2D eigenvalue weighted by Crippen LogP contribution is 2.43. The quantitative estimate of drug-likeness (QED) is 0.325. The zero-order chi connectivity index (χ0) is 27.2. The number of para-hydroxylation sites is 1. The highest BCUT2D eigenvalue weighted by Gasteiger charge is 2.35. The molecule has 3 N–H and O–H groups in total. The number of nitrogens with one attached hydrogen (secondary N) is 2. The van der Waals surface area contributed by atoms with Gasteiger partial charge in [-0.25, -0.2) is 0 Å². The molecule has 3 aromatic rings. The third-order valence-electron chi connectivity index (χ3n) is 6.18. The first-order valence-electron chi connectivity index (χ1n) is 11.9. The number of allylic oxidation sites excluding steroid dienone is 2. The molecular formula is C30H27N3O4S. The molecule has 4 rings (SSSR count). The normalized spacial score (nSPS) is 14.9. The minimum absolute atomic E-state index is 0.0537. The van der Waals surface area contributed by atoms with Crippen LogP contribution in [0.5, 0.6) is 11.5 Å². The van der Waals surface area contributed by atoms with Crippen LogP contribution >= 0.6 is 11.8 Å². The standard InChI is InChI=1S/C30H27N3O4S/c1-18-9-11-20(12-10-18)25(35)17-38-30-23(16-31)28(21-13-14-24(34)26(15-21)37-3)27(19(2)32-30)29(36)33-22-7-5-4-6-8-22/h4-15,28,32,34H,17H2,1-3H3,(H,33,36)/t28-/m1/s1. The number of benzene rings is 3. The van der Waals surface area contributed by atoms with Gasteiger partial charge in [0.15, 0.2) is 17.3 Å². The molecule has 1 heterocycles. The number of carbonyl (C=O) groups excluding carboxylic acids is 2. The molecule has 0 saturated heterocycles. The first kappa shape index (κ1) is 26.6. The lowest BCUT2D eigenvalue weighted by atomic mass is 9.82. The number of nitrogens with zero attached hydrogens (tertiary/aromatic N) is 1. The summed E-state index contributed by atoms with van der Waals surface area (Å²) in [5, 5.41) is 27.0. The van der Waals surface area contributed by atoms with Gasteiger partial charge in [-0.15, -0.1) is 0 Å². The average molecular weight is 526 g/mol. The molecule has 1 aliphatic rings. The van der Waals surface area contributed by atoms with Crippen LogP contribution < -0.4 is 15.4 Å². The van der Waals surface area contributed by atoms with Crippen molar-refractivity contribution in [3.8, 4) is 17.6 Å². The number of amides is 1. The number of ether oxygens (including phenoxy) is 1. The number of ketones is 1. The Morgan fingerprint density at radius 2 is 1.79 bits per heavy atom. The fourth-order valence-corrected chi connectivity index (χ4v) is 5.20. The predicted molar refractivity (Wildman–Crippen MR) is 149 cm³/mol. The fraction of sp³-hybridized carbons (Fsp3) is 0.167. The van der Waals surface area contributed by atoms with Crippen LogP contribution in [0.15, 0.2) is 94.7 Å². The van der Waals surface area contributed by atoms with Gasteiger partial charge in [0.2, 0.25) is 0 Å². The number of carbonyl (C=O) groups is 2. The number of Topliss-reactive ketones (excluding diaryl/α,β-unsaturated/α-hetero) is 1. The summed E-state index contributed by atoms with van der Waals surface area (Å²) >= 11 is 1.22. The van der Waals surface area contributed by atoms with Crippen molar-refractivity contribution in [1.82, 2.24) is 5.32 Å². The Bertz CT molecular complexity index is 1470. The number of thioether (sulfide) groups is 1. The Morgan fingerprint density at radius 3 is 2.45 bits per heavy atom. The lowest BCUT2D eigenvalue weighted by Gasteiger charge is -2.30. The van der Waals surface area contributed by atoms with Crippen LogP contribution in [0.4, 0.5) is 5.69 Å². The second-order valence-corrected chi connectivity index (χ2v) is 9.77. The van der Waals surface area contributed by atoms with Crippen LogP contribution in [-0.2, 0) is 4.79 Å². The fourth-order valence-electron chi connectivity index (χ4n) is 4.21. The summed E-state index contributed by atoms with van der Waals surface area (Å²) < 4.78 is 5.30. The average Bonchev–Trinajstić information content (AvgIpc) is 2.92. The number of hydrogen-bond acceptors (Lipinski definition) is 7. The number of phenolic OH excluding ortho intramolecular Hbond substituents is 1. The highest BCUT2D eigenvalue weighted by atomic mass is 32.2. The first-order chi connectivity index (χ1) is 18.3. The lowest BCUT2D eigenvalue weighted by Crippen LogP contribution is -2.31. The van der Waals surface area contributed by atoms with E-state index in [1.807, 2.05) is 37.3 Å². The maximum absolute atomic E-state index is 13.5. The number of phenols is 1. The largest absolute Gasteiger partial charge is 0.504 e. The smallest absolute Gasteiger partial charge is 0.254 e. The molecule has 192 valence electrons. The Balaban J connectivity index is 1.72. The maximum atomic E-state index is 13.5. The van der Waals surface area contributed by atoms with Gasteiger partial charge in [-0.3, -0.25) is 9.59 Å². The number of nitriles is 1. The summed E-state index contributed by atoms with van der Waals surface area (Å²) in [6.07, 6.45) is 0. The van der Waals surface area contributed by atoms with E-state index in [9.17, 15) is 20.0 Å². The number of aromatic hydroxyl groups is 1. The van der Waals surface area contributed by atoms with Crippen molar-refractivity contribution in [2.24, 2.45) is 0 Å². The molecule has 0 spiro atoms. The van der Waals surface area contributed by atoms with Crippen LogP contribution in [0.25, 0.3) is 0 Å². The van der Waals surface area contributed by atoms with Crippen LogP contribution in [-0.4, -0.2) is 29.7 Å². The van der Waals surface area contributed by atoms with E-state index in [1.165, 1.54) is 24.9 Å².